The monoisotopic (exact) mass is 278 g/mol. The first-order valence-corrected chi connectivity index (χ1v) is 6.93. The molecule has 6 heteroatoms. The summed E-state index contributed by atoms with van der Waals surface area (Å²) >= 11 is 0. The van der Waals surface area contributed by atoms with Crippen LogP contribution in [-0.4, -0.2) is 43.7 Å². The Morgan fingerprint density at radius 3 is 2.85 bits per heavy atom. The Balaban J connectivity index is 1.83. The average molecular weight is 278 g/mol. The first-order chi connectivity index (χ1) is 9.70. The number of amides is 1. The zero-order valence-electron chi connectivity index (χ0n) is 11.8. The molecule has 1 aromatic rings. The van der Waals surface area contributed by atoms with E-state index in [9.17, 15) is 4.79 Å². The Bertz CT molecular complexity index is 429. The predicted molar refractivity (Wildman–Crippen MR) is 77.4 cm³/mol. The summed E-state index contributed by atoms with van der Waals surface area (Å²) in [5.41, 5.74) is 6.60. The smallest absolute Gasteiger partial charge is 0.239 e. The quantitative estimate of drug-likeness (QED) is 0.781. The van der Waals surface area contributed by atoms with E-state index < -0.39 is 6.04 Å². The van der Waals surface area contributed by atoms with E-state index in [0.29, 0.717) is 6.54 Å². The molecule has 0 radical (unpaired) electrons. The van der Waals surface area contributed by atoms with Crippen LogP contribution in [0.25, 0.3) is 0 Å². The number of rotatable bonds is 6. The molecule has 0 aromatic carbocycles. The summed E-state index contributed by atoms with van der Waals surface area (Å²) in [5.74, 6) is 0.795. The molecular formula is C14H22N4O2. The van der Waals surface area contributed by atoms with Crippen LogP contribution in [-0.2, 0) is 16.1 Å². The minimum atomic E-state index is -0.628. The third kappa shape index (κ3) is 3.91. The van der Waals surface area contributed by atoms with E-state index >= 15 is 0 Å². The summed E-state index contributed by atoms with van der Waals surface area (Å²) in [6.45, 7) is 2.81. The Labute approximate surface area is 119 Å². The second-order valence-corrected chi connectivity index (χ2v) is 5.00. The fraction of sp³-hybridized carbons (Fsp3) is 0.571. The van der Waals surface area contributed by atoms with Crippen LogP contribution in [0.15, 0.2) is 18.3 Å². The highest BCUT2D eigenvalue weighted by Gasteiger charge is 2.14. The van der Waals surface area contributed by atoms with Crippen molar-refractivity contribution in [3.63, 3.8) is 0 Å². The Morgan fingerprint density at radius 2 is 2.25 bits per heavy atom. The molecule has 0 saturated carbocycles. The number of carbonyl (C=O) groups excluding carboxylic acids is 1. The molecule has 1 unspecified atom stereocenters. The molecule has 1 amide bonds. The summed E-state index contributed by atoms with van der Waals surface area (Å²) in [4.78, 5) is 18.4. The normalized spacial score (nSPS) is 16.2. The van der Waals surface area contributed by atoms with Gasteiger partial charge in [-0.05, 0) is 24.5 Å². The fourth-order valence-corrected chi connectivity index (χ4v) is 2.23. The number of ether oxygens (including phenoxy) is 1. The topological polar surface area (TPSA) is 80.5 Å². The second-order valence-electron chi connectivity index (χ2n) is 5.00. The van der Waals surface area contributed by atoms with E-state index in [0.717, 1.165) is 24.5 Å². The van der Waals surface area contributed by atoms with E-state index in [1.54, 1.807) is 6.20 Å². The van der Waals surface area contributed by atoms with Gasteiger partial charge in [0.05, 0.1) is 6.61 Å². The van der Waals surface area contributed by atoms with Gasteiger partial charge in [0, 0.05) is 32.9 Å². The number of aromatic nitrogens is 1. The Hall–Kier alpha value is -1.66. The lowest BCUT2D eigenvalue weighted by Gasteiger charge is -2.16. The number of carbonyl (C=O) groups is 1. The van der Waals surface area contributed by atoms with E-state index in [-0.39, 0.29) is 12.5 Å². The van der Waals surface area contributed by atoms with Crippen molar-refractivity contribution in [2.45, 2.75) is 25.4 Å². The van der Waals surface area contributed by atoms with Crippen LogP contribution < -0.4 is 16.0 Å². The van der Waals surface area contributed by atoms with Gasteiger partial charge in [0.25, 0.3) is 0 Å². The van der Waals surface area contributed by atoms with Gasteiger partial charge in [-0.25, -0.2) is 4.98 Å². The summed E-state index contributed by atoms with van der Waals surface area (Å²) in [6, 6.07) is 3.36. The second kappa shape index (κ2) is 7.21. The highest BCUT2D eigenvalue weighted by atomic mass is 16.5. The molecule has 1 aliphatic rings. The number of nitrogens with zero attached hydrogens (tertiary/aromatic N) is 2. The third-order valence-corrected chi connectivity index (χ3v) is 3.39. The molecule has 0 bridgehead atoms. The van der Waals surface area contributed by atoms with Crippen molar-refractivity contribution in [1.29, 1.82) is 0 Å². The average Bonchev–Trinajstić information content (AvgIpc) is 2.99. The van der Waals surface area contributed by atoms with Gasteiger partial charge in [-0.3, -0.25) is 4.79 Å². The first-order valence-electron chi connectivity index (χ1n) is 6.93. The van der Waals surface area contributed by atoms with Gasteiger partial charge < -0.3 is 20.7 Å². The van der Waals surface area contributed by atoms with Crippen molar-refractivity contribution in [2.24, 2.45) is 5.73 Å². The molecule has 2 rings (SSSR count). The number of methoxy groups -OCH3 is 1. The lowest BCUT2D eigenvalue weighted by Crippen LogP contribution is -2.43. The zero-order valence-corrected chi connectivity index (χ0v) is 11.8. The Morgan fingerprint density at radius 1 is 1.50 bits per heavy atom. The number of hydrogen-bond donors (Lipinski definition) is 2. The lowest BCUT2D eigenvalue weighted by molar-refractivity contribution is -0.123. The van der Waals surface area contributed by atoms with Gasteiger partial charge in [0.1, 0.15) is 11.9 Å². The van der Waals surface area contributed by atoms with Crippen molar-refractivity contribution in [2.75, 3.05) is 31.7 Å². The Kier molecular flexibility index (Phi) is 5.31. The molecule has 0 aliphatic carbocycles. The van der Waals surface area contributed by atoms with Crippen molar-refractivity contribution in [1.82, 2.24) is 10.3 Å². The number of nitrogens with two attached hydrogens (primary N) is 1. The molecule has 2 heterocycles. The molecule has 1 fully saturated rings. The van der Waals surface area contributed by atoms with Crippen LogP contribution in [0.3, 0.4) is 0 Å². The minimum Gasteiger partial charge on any atom is -0.383 e. The summed E-state index contributed by atoms with van der Waals surface area (Å²) in [7, 11) is 1.52. The maximum absolute atomic E-state index is 11.6. The summed E-state index contributed by atoms with van der Waals surface area (Å²) in [5, 5.41) is 2.77. The highest BCUT2D eigenvalue weighted by molar-refractivity contribution is 5.81. The van der Waals surface area contributed by atoms with Crippen LogP contribution in [0.1, 0.15) is 18.4 Å². The fourth-order valence-electron chi connectivity index (χ4n) is 2.23. The van der Waals surface area contributed by atoms with Crippen LogP contribution in [0.5, 0.6) is 0 Å². The first kappa shape index (κ1) is 14.7. The van der Waals surface area contributed by atoms with Gasteiger partial charge in [-0.1, -0.05) is 6.07 Å². The van der Waals surface area contributed by atoms with Gasteiger partial charge >= 0.3 is 0 Å². The number of pyridine rings is 1. The molecule has 1 atom stereocenters. The zero-order chi connectivity index (χ0) is 14.4. The van der Waals surface area contributed by atoms with Crippen LogP contribution in [0, 0.1) is 0 Å². The standard InChI is InChI=1S/C14H22N4O2/c1-20-10-12(15)14(19)17-9-11-4-5-13(16-8-11)18-6-2-3-7-18/h4-5,8,12H,2-3,6-7,9-10,15H2,1H3,(H,17,19). The summed E-state index contributed by atoms with van der Waals surface area (Å²) in [6.07, 6.45) is 4.27. The molecule has 0 spiro atoms. The molecule has 20 heavy (non-hydrogen) atoms. The minimum absolute atomic E-state index is 0.213. The molecule has 1 saturated heterocycles. The van der Waals surface area contributed by atoms with E-state index in [1.807, 2.05) is 12.1 Å². The number of nitrogens with one attached hydrogen (secondary N) is 1. The van der Waals surface area contributed by atoms with Crippen LogP contribution in [0.2, 0.25) is 0 Å². The van der Waals surface area contributed by atoms with E-state index in [4.69, 9.17) is 10.5 Å². The van der Waals surface area contributed by atoms with Gasteiger partial charge in [-0.2, -0.15) is 0 Å². The maximum Gasteiger partial charge on any atom is 0.239 e. The number of hydrogen-bond acceptors (Lipinski definition) is 5. The van der Waals surface area contributed by atoms with Crippen LogP contribution >= 0.6 is 0 Å². The highest BCUT2D eigenvalue weighted by Crippen LogP contribution is 2.17. The van der Waals surface area contributed by atoms with Crippen molar-refractivity contribution in [3.05, 3.63) is 23.9 Å². The van der Waals surface area contributed by atoms with Crippen LogP contribution in [0.4, 0.5) is 5.82 Å². The summed E-state index contributed by atoms with van der Waals surface area (Å²) < 4.78 is 4.85. The lowest BCUT2D eigenvalue weighted by atomic mass is 10.2. The third-order valence-electron chi connectivity index (χ3n) is 3.39. The number of anilines is 1. The molecule has 110 valence electrons. The van der Waals surface area contributed by atoms with E-state index in [1.165, 1.54) is 20.0 Å². The molecule has 1 aliphatic heterocycles. The van der Waals surface area contributed by atoms with Crippen molar-refractivity contribution in [3.8, 4) is 0 Å². The molecule has 1 aromatic heterocycles. The van der Waals surface area contributed by atoms with Crippen molar-refractivity contribution < 1.29 is 9.53 Å². The largest absolute Gasteiger partial charge is 0.383 e. The molecular weight excluding hydrogens is 256 g/mol. The van der Waals surface area contributed by atoms with Crippen molar-refractivity contribution >= 4 is 11.7 Å². The van der Waals surface area contributed by atoms with Gasteiger partial charge in [0.15, 0.2) is 0 Å². The SMILES string of the molecule is COCC(N)C(=O)NCc1ccc(N2CCCC2)nc1. The maximum atomic E-state index is 11.6. The predicted octanol–water partition coefficient (Wildman–Crippen LogP) is 0.272. The van der Waals surface area contributed by atoms with Gasteiger partial charge in [-0.15, -0.1) is 0 Å². The van der Waals surface area contributed by atoms with Gasteiger partial charge in [0.2, 0.25) is 5.91 Å². The van der Waals surface area contributed by atoms with E-state index in [2.05, 4.69) is 15.2 Å². The molecule has 3 N–H and O–H groups in total. The molecule has 6 nitrogen and oxygen atoms in total.